The molecule has 0 aliphatic carbocycles. The lowest BCUT2D eigenvalue weighted by Crippen LogP contribution is -2.12. The Morgan fingerprint density at radius 3 is 2.05 bits per heavy atom. The minimum absolute atomic E-state index is 0.0675. The van der Waals surface area contributed by atoms with Gasteiger partial charge in [-0.1, -0.05) is 18.2 Å². The number of nitrogens with zero attached hydrogens (tertiary/aromatic N) is 1. The van der Waals surface area contributed by atoms with E-state index < -0.39 is 22.5 Å². The van der Waals surface area contributed by atoms with Crippen LogP contribution in [0, 0.1) is 10.1 Å². The van der Waals surface area contributed by atoms with Gasteiger partial charge in [-0.2, -0.15) is 0 Å². The lowest BCUT2D eigenvalue weighted by Gasteiger charge is -2.13. The van der Waals surface area contributed by atoms with Crippen LogP contribution >= 0.6 is 0 Å². The van der Waals surface area contributed by atoms with Gasteiger partial charge < -0.3 is 29.4 Å². The van der Waals surface area contributed by atoms with Crippen molar-refractivity contribution in [1.29, 1.82) is 0 Å². The number of para-hydroxylation sites is 1. The Bertz CT molecular complexity index is 1360. The number of carboxylic acid groups (broad SMARTS) is 1. The molecule has 0 fully saturated rings. The van der Waals surface area contributed by atoms with Gasteiger partial charge in [0.25, 0.3) is 5.69 Å². The van der Waals surface area contributed by atoms with E-state index in [0.717, 1.165) is 18.2 Å². The average Bonchev–Trinajstić information content (AvgIpc) is 2.90. The normalized spacial score (nSPS) is 10.6. The van der Waals surface area contributed by atoms with Gasteiger partial charge in [-0.25, -0.2) is 4.79 Å². The van der Waals surface area contributed by atoms with Gasteiger partial charge in [-0.05, 0) is 18.2 Å². The number of nitrogens with one attached hydrogen (secondary N) is 1. The van der Waals surface area contributed by atoms with Crippen molar-refractivity contribution in [3.05, 3.63) is 75.8 Å². The van der Waals surface area contributed by atoms with E-state index in [1.807, 2.05) is 0 Å². The number of carbonyl (C=O) groups is 2. The van der Waals surface area contributed by atoms with Crippen molar-refractivity contribution in [2.75, 3.05) is 33.8 Å². The van der Waals surface area contributed by atoms with Gasteiger partial charge in [0.1, 0.15) is 28.7 Å². The molecule has 192 valence electrons. The molecule has 3 rings (SSSR count). The molecule has 37 heavy (non-hydrogen) atoms. The molecule has 0 aromatic heterocycles. The van der Waals surface area contributed by atoms with Gasteiger partial charge in [-0.15, -0.1) is 0 Å². The second kappa shape index (κ2) is 11.6. The van der Waals surface area contributed by atoms with Crippen LogP contribution in [0.2, 0.25) is 0 Å². The van der Waals surface area contributed by atoms with Gasteiger partial charge in [-0.3, -0.25) is 14.9 Å². The molecule has 0 saturated heterocycles. The summed E-state index contributed by atoms with van der Waals surface area (Å²) in [4.78, 5) is 35.9. The highest BCUT2D eigenvalue weighted by molar-refractivity contribution is 6.06. The third kappa shape index (κ3) is 5.78. The highest BCUT2D eigenvalue weighted by Crippen LogP contribution is 2.39. The maximum atomic E-state index is 12.7. The van der Waals surface area contributed by atoms with Gasteiger partial charge in [0.15, 0.2) is 0 Å². The molecular formula is C26H24N2O9. The summed E-state index contributed by atoms with van der Waals surface area (Å²) in [6.07, 6.45) is 2.52. The number of ether oxygens (including phenoxy) is 4. The first-order chi connectivity index (χ1) is 17.7. The van der Waals surface area contributed by atoms with Crippen LogP contribution in [0.15, 0.2) is 54.6 Å². The number of methoxy groups -OCH3 is 4. The minimum Gasteiger partial charge on any atom is -0.496 e. The zero-order valence-corrected chi connectivity index (χ0v) is 20.4. The molecule has 3 aromatic carbocycles. The van der Waals surface area contributed by atoms with E-state index in [4.69, 9.17) is 18.9 Å². The fourth-order valence-electron chi connectivity index (χ4n) is 3.64. The van der Waals surface area contributed by atoms with Crippen molar-refractivity contribution < 1.29 is 38.6 Å². The first-order valence-electron chi connectivity index (χ1n) is 10.7. The molecule has 0 unspecified atom stereocenters. The van der Waals surface area contributed by atoms with E-state index in [-0.39, 0.29) is 16.8 Å². The highest BCUT2D eigenvalue weighted by atomic mass is 16.6. The fraction of sp³-hybridized carbons (Fsp3) is 0.154. The number of rotatable bonds is 10. The van der Waals surface area contributed by atoms with E-state index in [2.05, 4.69) is 5.32 Å². The maximum absolute atomic E-state index is 12.7. The Hall–Kier alpha value is -5.06. The van der Waals surface area contributed by atoms with Crippen LogP contribution in [-0.4, -0.2) is 50.3 Å². The maximum Gasteiger partial charge on any atom is 0.336 e. The molecule has 0 aliphatic rings. The minimum atomic E-state index is -1.34. The SMILES string of the molecule is COc1cc(OC)c(C=CC(=O)Nc2cc(C(=O)O)c(-c3ccccc3OC)cc2[N+](=O)[O-])c(OC)c1. The van der Waals surface area contributed by atoms with E-state index in [1.54, 1.807) is 36.4 Å². The third-order valence-electron chi connectivity index (χ3n) is 5.37. The lowest BCUT2D eigenvalue weighted by molar-refractivity contribution is -0.383. The summed E-state index contributed by atoms with van der Waals surface area (Å²) in [6, 6.07) is 11.9. The number of nitro benzene ring substituents is 1. The molecular weight excluding hydrogens is 484 g/mol. The van der Waals surface area contributed by atoms with E-state index in [1.165, 1.54) is 34.5 Å². The quantitative estimate of drug-likeness (QED) is 0.227. The topological polar surface area (TPSA) is 146 Å². The number of carbonyl (C=O) groups excluding carboxylic acids is 1. The molecule has 11 nitrogen and oxygen atoms in total. The number of benzene rings is 3. The van der Waals surface area contributed by atoms with Crippen LogP contribution in [-0.2, 0) is 4.79 Å². The Morgan fingerprint density at radius 2 is 1.51 bits per heavy atom. The number of hydrogen-bond acceptors (Lipinski definition) is 8. The Morgan fingerprint density at radius 1 is 0.892 bits per heavy atom. The second-order valence-corrected chi connectivity index (χ2v) is 7.45. The number of amides is 1. The predicted octanol–water partition coefficient (Wildman–Crippen LogP) is 4.65. The summed E-state index contributed by atoms with van der Waals surface area (Å²) in [5.74, 6) is -0.552. The van der Waals surface area contributed by atoms with Gasteiger partial charge in [0.2, 0.25) is 5.91 Å². The number of hydrogen-bond donors (Lipinski definition) is 2. The zero-order chi connectivity index (χ0) is 27.1. The van der Waals surface area contributed by atoms with Crippen LogP contribution in [0.5, 0.6) is 23.0 Å². The third-order valence-corrected chi connectivity index (χ3v) is 5.37. The molecule has 0 saturated carbocycles. The largest absolute Gasteiger partial charge is 0.496 e. The molecule has 0 heterocycles. The zero-order valence-electron chi connectivity index (χ0n) is 20.4. The first kappa shape index (κ1) is 26.5. The molecule has 2 N–H and O–H groups in total. The summed E-state index contributed by atoms with van der Waals surface area (Å²) in [6.45, 7) is 0. The monoisotopic (exact) mass is 508 g/mol. The number of anilines is 1. The molecule has 1 amide bonds. The van der Waals surface area contributed by atoms with Crippen molar-refractivity contribution >= 4 is 29.3 Å². The predicted molar refractivity (Wildman–Crippen MR) is 136 cm³/mol. The Labute approximate surface area is 212 Å². The molecule has 0 spiro atoms. The van der Waals surface area contributed by atoms with E-state index >= 15 is 0 Å². The van der Waals surface area contributed by atoms with Crippen molar-refractivity contribution in [2.45, 2.75) is 0 Å². The van der Waals surface area contributed by atoms with Gasteiger partial charge >= 0.3 is 5.97 Å². The van der Waals surface area contributed by atoms with Gasteiger partial charge in [0.05, 0.1) is 44.5 Å². The highest BCUT2D eigenvalue weighted by Gasteiger charge is 2.24. The van der Waals surface area contributed by atoms with E-state index in [0.29, 0.717) is 34.1 Å². The average molecular weight is 508 g/mol. The molecule has 0 radical (unpaired) electrons. The van der Waals surface area contributed by atoms with Crippen molar-refractivity contribution in [2.24, 2.45) is 0 Å². The number of carboxylic acids is 1. The number of aromatic carboxylic acids is 1. The van der Waals surface area contributed by atoms with Crippen LogP contribution in [0.4, 0.5) is 11.4 Å². The van der Waals surface area contributed by atoms with Crippen molar-refractivity contribution in [1.82, 2.24) is 0 Å². The summed E-state index contributed by atoms with van der Waals surface area (Å²) in [5.41, 5.74) is -0.197. The molecule has 0 atom stereocenters. The second-order valence-electron chi connectivity index (χ2n) is 7.45. The smallest absolute Gasteiger partial charge is 0.336 e. The summed E-state index contributed by atoms with van der Waals surface area (Å²) >= 11 is 0. The molecule has 0 bridgehead atoms. The molecule has 3 aromatic rings. The fourth-order valence-corrected chi connectivity index (χ4v) is 3.64. The molecule has 0 aliphatic heterocycles. The standard InChI is InChI=1S/C26H24N2O9/c1-34-15-11-23(36-3)17(24(12-15)37-4)9-10-25(29)27-20-13-19(26(30)31)18(14-21(20)28(32)33)16-7-5-6-8-22(16)35-2/h5-14H,1-4H3,(H,27,29)(H,30,31). The van der Waals surface area contributed by atoms with Gasteiger partial charge in [0, 0.05) is 35.4 Å². The summed E-state index contributed by atoms with van der Waals surface area (Å²) in [5, 5.41) is 24.0. The van der Waals surface area contributed by atoms with E-state index in [9.17, 15) is 24.8 Å². The van der Waals surface area contributed by atoms with Crippen LogP contribution in [0.3, 0.4) is 0 Å². The van der Waals surface area contributed by atoms with Crippen LogP contribution < -0.4 is 24.3 Å². The van der Waals surface area contributed by atoms with Crippen molar-refractivity contribution in [3.63, 3.8) is 0 Å². The summed E-state index contributed by atoms with van der Waals surface area (Å²) < 4.78 is 21.2. The number of nitro groups is 1. The Balaban J connectivity index is 2.03. The summed E-state index contributed by atoms with van der Waals surface area (Å²) in [7, 11) is 5.76. The first-order valence-corrected chi connectivity index (χ1v) is 10.7. The van der Waals surface area contributed by atoms with Crippen LogP contribution in [0.25, 0.3) is 17.2 Å². The van der Waals surface area contributed by atoms with Crippen molar-refractivity contribution in [3.8, 4) is 34.1 Å². The Kier molecular flexibility index (Phi) is 8.31. The lowest BCUT2D eigenvalue weighted by atomic mass is 9.97. The van der Waals surface area contributed by atoms with Crippen LogP contribution in [0.1, 0.15) is 15.9 Å². The molecule has 11 heteroatoms.